The number of carbonyl (C=O) groups is 2. The molecule has 0 aliphatic heterocycles. The molecule has 138 valence electrons. The fraction of sp³-hybridized carbons (Fsp3) is 0.0909. The first-order valence-electron chi connectivity index (χ1n) is 8.65. The van der Waals surface area contributed by atoms with E-state index in [9.17, 15) is 9.59 Å². The van der Waals surface area contributed by atoms with Crippen molar-refractivity contribution >= 4 is 17.5 Å². The lowest BCUT2D eigenvalue weighted by atomic mass is 10.1. The number of hydrogen-bond acceptors (Lipinski definition) is 4. The minimum Gasteiger partial charge on any atom is -0.348 e. The highest BCUT2D eigenvalue weighted by molar-refractivity contribution is 6.05. The summed E-state index contributed by atoms with van der Waals surface area (Å²) in [5.74, 6) is -0.688. The molecule has 3 rings (SSSR count). The predicted octanol–water partition coefficient (Wildman–Crippen LogP) is 3.44. The second-order valence-electron chi connectivity index (χ2n) is 6.27. The molecule has 0 bridgehead atoms. The summed E-state index contributed by atoms with van der Waals surface area (Å²) in [6.07, 6.45) is 2.82. The van der Waals surface area contributed by atoms with E-state index in [1.165, 1.54) is 18.5 Å². The smallest absolute Gasteiger partial charge is 0.257 e. The fourth-order valence-corrected chi connectivity index (χ4v) is 2.51. The van der Waals surface area contributed by atoms with Gasteiger partial charge in [-0.15, -0.1) is 0 Å². The van der Waals surface area contributed by atoms with Crippen molar-refractivity contribution in [3.8, 4) is 6.07 Å². The van der Waals surface area contributed by atoms with Crippen molar-refractivity contribution in [2.75, 3.05) is 5.32 Å². The first-order valence-corrected chi connectivity index (χ1v) is 8.65. The number of nitrogens with zero attached hydrogens (tertiary/aromatic N) is 2. The van der Waals surface area contributed by atoms with E-state index in [1.54, 1.807) is 24.3 Å². The number of pyridine rings is 1. The number of hydrogen-bond donors (Lipinski definition) is 2. The van der Waals surface area contributed by atoms with E-state index in [2.05, 4.69) is 15.6 Å². The summed E-state index contributed by atoms with van der Waals surface area (Å²) >= 11 is 0. The first-order chi connectivity index (χ1) is 13.5. The van der Waals surface area contributed by atoms with Gasteiger partial charge in [-0.1, -0.05) is 29.8 Å². The summed E-state index contributed by atoms with van der Waals surface area (Å²) in [4.78, 5) is 28.8. The molecule has 2 aromatic carbocycles. The van der Waals surface area contributed by atoms with Gasteiger partial charge in [0, 0.05) is 24.6 Å². The van der Waals surface area contributed by atoms with Crippen LogP contribution in [0.2, 0.25) is 0 Å². The van der Waals surface area contributed by atoms with Crippen molar-refractivity contribution in [1.82, 2.24) is 10.3 Å². The summed E-state index contributed by atoms with van der Waals surface area (Å²) in [6, 6.07) is 17.9. The van der Waals surface area contributed by atoms with Gasteiger partial charge < -0.3 is 10.6 Å². The molecular formula is C22H18N4O2. The van der Waals surface area contributed by atoms with E-state index >= 15 is 0 Å². The number of aromatic nitrogens is 1. The summed E-state index contributed by atoms with van der Waals surface area (Å²) in [5, 5.41) is 14.4. The SMILES string of the molecule is Cc1ccc(CNC(=O)c2cncc(C(=O)Nc3ccc(C#N)cc3)c2)cc1. The molecule has 0 saturated heterocycles. The topological polar surface area (TPSA) is 94.9 Å². The molecule has 0 saturated carbocycles. The van der Waals surface area contributed by atoms with Crippen LogP contribution in [-0.2, 0) is 6.54 Å². The molecule has 3 aromatic rings. The van der Waals surface area contributed by atoms with Crippen LogP contribution < -0.4 is 10.6 Å². The van der Waals surface area contributed by atoms with E-state index in [1.807, 2.05) is 37.3 Å². The Kier molecular flexibility index (Phi) is 5.78. The van der Waals surface area contributed by atoms with Crippen molar-refractivity contribution < 1.29 is 9.59 Å². The quantitative estimate of drug-likeness (QED) is 0.719. The summed E-state index contributed by atoms with van der Waals surface area (Å²) in [6.45, 7) is 2.39. The lowest BCUT2D eigenvalue weighted by Crippen LogP contribution is -2.23. The summed E-state index contributed by atoms with van der Waals surface area (Å²) < 4.78 is 0. The zero-order valence-corrected chi connectivity index (χ0v) is 15.3. The molecule has 0 atom stereocenters. The van der Waals surface area contributed by atoms with Gasteiger partial charge in [-0.05, 0) is 42.8 Å². The molecule has 1 heterocycles. The van der Waals surface area contributed by atoms with Gasteiger partial charge in [-0.3, -0.25) is 14.6 Å². The molecule has 6 nitrogen and oxygen atoms in total. The maximum Gasteiger partial charge on any atom is 0.257 e. The molecule has 0 spiro atoms. The minimum atomic E-state index is -0.384. The highest BCUT2D eigenvalue weighted by Gasteiger charge is 2.12. The van der Waals surface area contributed by atoms with Gasteiger partial charge in [0.15, 0.2) is 0 Å². The zero-order valence-electron chi connectivity index (χ0n) is 15.3. The Morgan fingerprint density at radius 1 is 0.964 bits per heavy atom. The van der Waals surface area contributed by atoms with Gasteiger partial charge in [-0.25, -0.2) is 0 Å². The number of anilines is 1. The Hall–Kier alpha value is -3.98. The Morgan fingerprint density at radius 2 is 1.61 bits per heavy atom. The number of benzene rings is 2. The van der Waals surface area contributed by atoms with Gasteiger partial charge in [0.25, 0.3) is 11.8 Å². The Bertz CT molecular complexity index is 1040. The van der Waals surface area contributed by atoms with E-state index < -0.39 is 0 Å². The fourth-order valence-electron chi connectivity index (χ4n) is 2.51. The molecule has 0 aliphatic carbocycles. The van der Waals surface area contributed by atoms with Gasteiger partial charge in [0.1, 0.15) is 0 Å². The molecule has 0 unspecified atom stereocenters. The lowest BCUT2D eigenvalue weighted by molar-refractivity contribution is 0.0950. The van der Waals surface area contributed by atoms with E-state index in [4.69, 9.17) is 5.26 Å². The van der Waals surface area contributed by atoms with Gasteiger partial charge >= 0.3 is 0 Å². The molecule has 2 amide bonds. The number of carbonyl (C=O) groups excluding carboxylic acids is 2. The third kappa shape index (κ3) is 4.80. The van der Waals surface area contributed by atoms with Crippen molar-refractivity contribution in [2.45, 2.75) is 13.5 Å². The van der Waals surface area contributed by atoms with Crippen molar-refractivity contribution in [3.63, 3.8) is 0 Å². The highest BCUT2D eigenvalue weighted by atomic mass is 16.2. The lowest BCUT2D eigenvalue weighted by Gasteiger charge is -2.08. The highest BCUT2D eigenvalue weighted by Crippen LogP contribution is 2.12. The average Bonchev–Trinajstić information content (AvgIpc) is 2.73. The normalized spacial score (nSPS) is 10.0. The van der Waals surface area contributed by atoms with Crippen molar-refractivity contribution in [2.24, 2.45) is 0 Å². The summed E-state index contributed by atoms with van der Waals surface area (Å²) in [7, 11) is 0. The van der Waals surface area contributed by atoms with Gasteiger partial charge in [0.2, 0.25) is 0 Å². The Morgan fingerprint density at radius 3 is 2.25 bits per heavy atom. The third-order valence-electron chi connectivity index (χ3n) is 4.11. The maximum absolute atomic E-state index is 12.4. The van der Waals surface area contributed by atoms with Crippen LogP contribution in [0.25, 0.3) is 0 Å². The second-order valence-corrected chi connectivity index (χ2v) is 6.27. The standard InChI is InChI=1S/C22H18N4O2/c1-15-2-4-17(5-3-15)12-25-21(27)18-10-19(14-24-13-18)22(28)26-20-8-6-16(11-23)7-9-20/h2-10,13-14H,12H2,1H3,(H,25,27)(H,26,28). The maximum atomic E-state index is 12.4. The number of aryl methyl sites for hydroxylation is 1. The number of nitrogens with one attached hydrogen (secondary N) is 2. The number of amides is 2. The Balaban J connectivity index is 1.65. The molecule has 0 radical (unpaired) electrons. The van der Waals surface area contributed by atoms with Gasteiger partial charge in [-0.2, -0.15) is 5.26 Å². The number of nitriles is 1. The summed E-state index contributed by atoms with van der Waals surface area (Å²) in [5.41, 5.74) is 3.78. The molecule has 1 aromatic heterocycles. The first kappa shape index (κ1) is 18.8. The van der Waals surface area contributed by atoms with Crippen molar-refractivity contribution in [1.29, 1.82) is 5.26 Å². The second kappa shape index (κ2) is 8.60. The van der Waals surface area contributed by atoms with Crippen LogP contribution in [0.4, 0.5) is 5.69 Å². The average molecular weight is 370 g/mol. The minimum absolute atomic E-state index is 0.271. The molecule has 2 N–H and O–H groups in total. The molecule has 6 heteroatoms. The molecule has 28 heavy (non-hydrogen) atoms. The molecular weight excluding hydrogens is 352 g/mol. The van der Waals surface area contributed by atoms with Crippen LogP contribution >= 0.6 is 0 Å². The third-order valence-corrected chi connectivity index (χ3v) is 4.11. The Labute approximate surface area is 162 Å². The number of rotatable bonds is 5. The van der Waals surface area contributed by atoms with E-state index in [0.717, 1.165) is 11.1 Å². The predicted molar refractivity (Wildman–Crippen MR) is 106 cm³/mol. The van der Waals surface area contributed by atoms with Crippen LogP contribution in [-0.4, -0.2) is 16.8 Å². The van der Waals surface area contributed by atoms with Gasteiger partial charge in [0.05, 0.1) is 22.8 Å². The monoisotopic (exact) mass is 370 g/mol. The largest absolute Gasteiger partial charge is 0.348 e. The van der Waals surface area contributed by atoms with Crippen molar-refractivity contribution in [3.05, 3.63) is 94.8 Å². The molecule has 0 aliphatic rings. The van der Waals surface area contributed by atoms with Crippen LogP contribution in [0.5, 0.6) is 0 Å². The van der Waals surface area contributed by atoms with Crippen LogP contribution in [0, 0.1) is 18.3 Å². The van der Waals surface area contributed by atoms with E-state index in [0.29, 0.717) is 23.4 Å². The van der Waals surface area contributed by atoms with Crippen LogP contribution in [0.15, 0.2) is 67.0 Å². The van der Waals surface area contributed by atoms with Crippen LogP contribution in [0.1, 0.15) is 37.4 Å². The van der Waals surface area contributed by atoms with Crippen LogP contribution in [0.3, 0.4) is 0 Å². The zero-order chi connectivity index (χ0) is 19.9. The molecule has 0 fully saturated rings. The van der Waals surface area contributed by atoms with E-state index in [-0.39, 0.29) is 17.4 Å².